The van der Waals surface area contributed by atoms with Crippen LogP contribution in [0.1, 0.15) is 49.9 Å². The fourth-order valence-electron chi connectivity index (χ4n) is 1.76. The second-order valence-electron chi connectivity index (χ2n) is 4.79. The van der Waals surface area contributed by atoms with Gasteiger partial charge in [-0.2, -0.15) is 0 Å². The van der Waals surface area contributed by atoms with E-state index in [-0.39, 0.29) is 6.04 Å². The van der Waals surface area contributed by atoms with E-state index in [1.807, 2.05) is 32.0 Å². The van der Waals surface area contributed by atoms with Gasteiger partial charge in [0.1, 0.15) is 5.76 Å². The molecule has 0 saturated carbocycles. The molecule has 0 aliphatic rings. The van der Waals surface area contributed by atoms with Crippen molar-refractivity contribution in [2.45, 2.75) is 39.7 Å². The second-order valence-corrected chi connectivity index (χ2v) is 4.79. The molecule has 18 heavy (non-hydrogen) atoms. The molecule has 1 unspecified atom stereocenters. The molecule has 96 valence electrons. The molecule has 4 heteroatoms. The molecule has 0 radical (unpaired) electrons. The Morgan fingerprint density at radius 1 is 1.22 bits per heavy atom. The molecule has 2 heterocycles. The summed E-state index contributed by atoms with van der Waals surface area (Å²) < 4.78 is 5.36. The molecular weight excluding hydrogens is 226 g/mol. The Bertz CT molecular complexity index is 506. The first-order valence-electron chi connectivity index (χ1n) is 6.22. The van der Waals surface area contributed by atoms with E-state index >= 15 is 0 Å². The van der Waals surface area contributed by atoms with Gasteiger partial charge in [0.05, 0.1) is 12.3 Å². The third-order valence-corrected chi connectivity index (χ3v) is 2.78. The van der Waals surface area contributed by atoms with Crippen molar-refractivity contribution in [3.63, 3.8) is 0 Å². The number of nitrogens with one attached hydrogen (secondary N) is 1. The predicted molar refractivity (Wildman–Crippen MR) is 71.6 cm³/mol. The Labute approximate surface area is 107 Å². The summed E-state index contributed by atoms with van der Waals surface area (Å²) in [6, 6.07) is 5.90. The molecule has 0 aliphatic heterocycles. The van der Waals surface area contributed by atoms with Crippen LogP contribution in [0.4, 0.5) is 5.95 Å². The average molecular weight is 245 g/mol. The fraction of sp³-hybridized carbons (Fsp3) is 0.429. The highest BCUT2D eigenvalue weighted by Crippen LogP contribution is 2.19. The molecule has 1 atom stereocenters. The van der Waals surface area contributed by atoms with E-state index in [2.05, 4.69) is 29.1 Å². The quantitative estimate of drug-likeness (QED) is 0.892. The van der Waals surface area contributed by atoms with Crippen LogP contribution < -0.4 is 5.32 Å². The maximum Gasteiger partial charge on any atom is 0.223 e. The van der Waals surface area contributed by atoms with Gasteiger partial charge in [0.25, 0.3) is 0 Å². The van der Waals surface area contributed by atoms with E-state index < -0.39 is 0 Å². The van der Waals surface area contributed by atoms with Crippen LogP contribution in [0, 0.1) is 6.92 Å². The number of hydrogen-bond acceptors (Lipinski definition) is 4. The number of aromatic nitrogens is 2. The van der Waals surface area contributed by atoms with Gasteiger partial charge in [-0.3, -0.25) is 0 Å². The van der Waals surface area contributed by atoms with Crippen molar-refractivity contribution in [1.82, 2.24) is 9.97 Å². The number of aryl methyl sites for hydroxylation is 1. The molecule has 1 N–H and O–H groups in total. The molecule has 0 fully saturated rings. The van der Waals surface area contributed by atoms with E-state index in [0.29, 0.717) is 11.9 Å². The first-order valence-corrected chi connectivity index (χ1v) is 6.22. The maximum atomic E-state index is 5.36. The highest BCUT2D eigenvalue weighted by Gasteiger charge is 2.11. The molecule has 4 nitrogen and oxygen atoms in total. The molecule has 2 aromatic rings. The molecule has 2 rings (SSSR count). The van der Waals surface area contributed by atoms with Crippen molar-refractivity contribution in [2.24, 2.45) is 0 Å². The SMILES string of the molecule is Cc1cc(C(C)C)nc(NC(C)c2ccco2)n1. The van der Waals surface area contributed by atoms with Crippen molar-refractivity contribution >= 4 is 5.95 Å². The molecule has 0 amide bonds. The van der Waals surface area contributed by atoms with Gasteiger partial charge in [0, 0.05) is 11.4 Å². The van der Waals surface area contributed by atoms with Crippen LogP contribution in [0.25, 0.3) is 0 Å². The van der Waals surface area contributed by atoms with E-state index in [1.165, 1.54) is 0 Å². The first-order chi connectivity index (χ1) is 8.56. The lowest BCUT2D eigenvalue weighted by Gasteiger charge is -2.13. The van der Waals surface area contributed by atoms with Gasteiger partial charge < -0.3 is 9.73 Å². The molecular formula is C14H19N3O. The average Bonchev–Trinajstić information content (AvgIpc) is 2.81. The van der Waals surface area contributed by atoms with E-state index in [4.69, 9.17) is 4.42 Å². The van der Waals surface area contributed by atoms with Crippen LogP contribution in [0.15, 0.2) is 28.9 Å². The zero-order valence-corrected chi connectivity index (χ0v) is 11.3. The van der Waals surface area contributed by atoms with Crippen LogP contribution in [-0.2, 0) is 0 Å². The van der Waals surface area contributed by atoms with Crippen LogP contribution in [0.3, 0.4) is 0 Å². The maximum absolute atomic E-state index is 5.36. The van der Waals surface area contributed by atoms with Crippen molar-refractivity contribution in [2.75, 3.05) is 5.32 Å². The lowest BCUT2D eigenvalue weighted by molar-refractivity contribution is 0.489. The minimum Gasteiger partial charge on any atom is -0.467 e. The van der Waals surface area contributed by atoms with E-state index in [1.54, 1.807) is 6.26 Å². The monoisotopic (exact) mass is 245 g/mol. The lowest BCUT2D eigenvalue weighted by atomic mass is 10.1. The minimum atomic E-state index is 0.0572. The number of rotatable bonds is 4. The molecule has 0 bridgehead atoms. The van der Waals surface area contributed by atoms with Crippen LogP contribution in [-0.4, -0.2) is 9.97 Å². The molecule has 0 aliphatic carbocycles. The van der Waals surface area contributed by atoms with Crippen LogP contribution >= 0.6 is 0 Å². The van der Waals surface area contributed by atoms with Crippen molar-refractivity contribution in [1.29, 1.82) is 0 Å². The third kappa shape index (κ3) is 2.88. The zero-order chi connectivity index (χ0) is 13.1. The normalized spacial score (nSPS) is 12.7. The largest absolute Gasteiger partial charge is 0.467 e. The third-order valence-electron chi connectivity index (χ3n) is 2.78. The van der Waals surface area contributed by atoms with Gasteiger partial charge in [-0.25, -0.2) is 9.97 Å². The predicted octanol–water partition coefficient (Wildman–Crippen LogP) is 3.67. The highest BCUT2D eigenvalue weighted by molar-refractivity contribution is 5.31. The number of nitrogens with zero attached hydrogens (tertiary/aromatic N) is 2. The number of anilines is 1. The van der Waals surface area contributed by atoms with Crippen LogP contribution in [0.2, 0.25) is 0 Å². The molecule has 0 aromatic carbocycles. The molecule has 0 spiro atoms. The van der Waals surface area contributed by atoms with Gasteiger partial charge in [0.15, 0.2) is 0 Å². The summed E-state index contributed by atoms with van der Waals surface area (Å²) in [5, 5.41) is 3.26. The summed E-state index contributed by atoms with van der Waals surface area (Å²) in [4.78, 5) is 8.92. The lowest BCUT2D eigenvalue weighted by Crippen LogP contribution is -2.10. The smallest absolute Gasteiger partial charge is 0.223 e. The Balaban J connectivity index is 2.18. The highest BCUT2D eigenvalue weighted by atomic mass is 16.3. The van der Waals surface area contributed by atoms with Crippen LogP contribution in [0.5, 0.6) is 0 Å². The van der Waals surface area contributed by atoms with Gasteiger partial charge in [0.2, 0.25) is 5.95 Å². The summed E-state index contributed by atoms with van der Waals surface area (Å²) in [5.41, 5.74) is 2.03. The standard InChI is InChI=1S/C14H19N3O/c1-9(2)12-8-10(3)15-14(17-12)16-11(4)13-6-5-7-18-13/h5-9,11H,1-4H3,(H,15,16,17). The van der Waals surface area contributed by atoms with Gasteiger partial charge in [-0.15, -0.1) is 0 Å². The Morgan fingerprint density at radius 3 is 2.61 bits per heavy atom. The first kappa shape index (κ1) is 12.6. The molecule has 0 saturated heterocycles. The van der Waals surface area contributed by atoms with Crippen molar-refractivity contribution in [3.8, 4) is 0 Å². The summed E-state index contributed by atoms with van der Waals surface area (Å²) in [5.74, 6) is 1.93. The van der Waals surface area contributed by atoms with Gasteiger partial charge in [-0.1, -0.05) is 13.8 Å². The summed E-state index contributed by atoms with van der Waals surface area (Å²) in [7, 11) is 0. The Morgan fingerprint density at radius 2 is 2.00 bits per heavy atom. The second kappa shape index (κ2) is 5.21. The summed E-state index contributed by atoms with van der Waals surface area (Å²) >= 11 is 0. The Kier molecular flexibility index (Phi) is 3.65. The number of furan rings is 1. The van der Waals surface area contributed by atoms with Gasteiger partial charge >= 0.3 is 0 Å². The van der Waals surface area contributed by atoms with Crippen molar-refractivity contribution < 1.29 is 4.42 Å². The topological polar surface area (TPSA) is 51.0 Å². The minimum absolute atomic E-state index is 0.0572. The van der Waals surface area contributed by atoms with Crippen molar-refractivity contribution in [3.05, 3.63) is 41.6 Å². The molecule has 2 aromatic heterocycles. The fourth-order valence-corrected chi connectivity index (χ4v) is 1.76. The zero-order valence-electron chi connectivity index (χ0n) is 11.3. The number of hydrogen-bond donors (Lipinski definition) is 1. The van der Waals surface area contributed by atoms with E-state index in [0.717, 1.165) is 17.1 Å². The summed E-state index contributed by atoms with van der Waals surface area (Å²) in [6.07, 6.45) is 1.67. The van der Waals surface area contributed by atoms with E-state index in [9.17, 15) is 0 Å². The Hall–Kier alpha value is -1.84. The summed E-state index contributed by atoms with van der Waals surface area (Å²) in [6.45, 7) is 8.26. The van der Waals surface area contributed by atoms with Gasteiger partial charge in [-0.05, 0) is 38.0 Å².